The molecule has 1 aromatic heterocycles. The smallest absolute Gasteiger partial charge is 0.323 e. The van der Waals surface area contributed by atoms with Gasteiger partial charge in [-0.05, 0) is 96.3 Å². The van der Waals surface area contributed by atoms with Crippen molar-refractivity contribution in [2.75, 3.05) is 31.6 Å². The number of carboxylic acids is 1. The number of aliphatic carboxylic acids is 1. The summed E-state index contributed by atoms with van der Waals surface area (Å²) in [5.41, 5.74) is 1.79. The second-order valence-corrected chi connectivity index (χ2v) is 16.8. The Morgan fingerprint density at radius 3 is 2.21 bits per heavy atom. The lowest BCUT2D eigenvalue weighted by atomic mass is 10.0. The molecule has 1 saturated heterocycles. The number of hydrogen-bond donors (Lipinski definition) is 4. The third kappa shape index (κ3) is 8.66. The Morgan fingerprint density at radius 2 is 1.55 bits per heavy atom. The molecule has 1 fully saturated rings. The molecule has 6 rings (SSSR count). The molecule has 0 spiro atoms. The standard InChI is InChI=1S/C38H41N5O8S2/c1-24-14-25(2)37(26(3)15-24)52(47,48)42-34(38(45)46)21-41-36(44)23-51-32-19-31(20-40-35-10-6-7-13-39-35)43(22-32)53(49,50)33-12-11-29-16-27-8-4-5-9-28(27)17-30(29)18-33/h4-18,31-32,34,42H,19-23H2,1-3H3,(H,39,40)(H,41,44)(H,45,46). The molecule has 1 amide bonds. The Balaban J connectivity index is 1.13. The third-order valence-corrected chi connectivity index (χ3v) is 12.9. The first-order valence-electron chi connectivity index (χ1n) is 17.0. The van der Waals surface area contributed by atoms with Gasteiger partial charge in [-0.3, -0.25) is 9.59 Å². The summed E-state index contributed by atoms with van der Waals surface area (Å²) in [6, 6.07) is 23.4. The van der Waals surface area contributed by atoms with Gasteiger partial charge in [-0.25, -0.2) is 21.8 Å². The number of benzene rings is 4. The van der Waals surface area contributed by atoms with E-state index in [1.165, 1.54) is 4.31 Å². The van der Waals surface area contributed by atoms with Crippen molar-refractivity contribution in [3.8, 4) is 0 Å². The Hall–Kier alpha value is -4.93. The molecule has 278 valence electrons. The molecule has 13 nitrogen and oxygen atoms in total. The minimum Gasteiger partial charge on any atom is -0.480 e. The van der Waals surface area contributed by atoms with Crippen LogP contribution in [0.4, 0.5) is 5.82 Å². The number of rotatable bonds is 14. The maximum atomic E-state index is 14.2. The Labute approximate surface area is 308 Å². The van der Waals surface area contributed by atoms with Crippen molar-refractivity contribution in [2.45, 2.75) is 55.2 Å². The van der Waals surface area contributed by atoms with Gasteiger partial charge in [0.15, 0.2) is 0 Å². The normalized spacial score (nSPS) is 17.2. The molecule has 53 heavy (non-hydrogen) atoms. The number of sulfonamides is 2. The number of pyridine rings is 1. The highest BCUT2D eigenvalue weighted by atomic mass is 32.2. The van der Waals surface area contributed by atoms with E-state index in [0.717, 1.165) is 27.1 Å². The average molecular weight is 760 g/mol. The quantitative estimate of drug-likeness (QED) is 0.120. The molecule has 1 aliphatic heterocycles. The van der Waals surface area contributed by atoms with Gasteiger partial charge in [-0.2, -0.15) is 9.03 Å². The largest absolute Gasteiger partial charge is 0.480 e. The summed E-state index contributed by atoms with van der Waals surface area (Å²) in [5.74, 6) is -1.59. The fourth-order valence-corrected chi connectivity index (χ4v) is 10.2. The predicted molar refractivity (Wildman–Crippen MR) is 202 cm³/mol. The SMILES string of the molecule is Cc1cc(C)c(S(=O)(=O)NC(CNC(=O)COC2CC(CNc3ccccn3)N(S(=O)(=O)c3ccc4cc5ccccc5cc4c3)C2)C(=O)O)c(C)c1. The lowest BCUT2D eigenvalue weighted by molar-refractivity contribution is -0.139. The number of amides is 1. The molecule has 2 heterocycles. The fraction of sp³-hybridized carbons (Fsp3) is 0.289. The van der Waals surface area contributed by atoms with E-state index in [9.17, 15) is 31.5 Å². The van der Waals surface area contributed by atoms with Gasteiger partial charge in [0.05, 0.1) is 15.9 Å². The van der Waals surface area contributed by atoms with E-state index in [4.69, 9.17) is 4.74 Å². The van der Waals surface area contributed by atoms with Gasteiger partial charge in [0.25, 0.3) is 0 Å². The molecule has 0 bridgehead atoms. The zero-order valence-corrected chi connectivity index (χ0v) is 31.1. The summed E-state index contributed by atoms with van der Waals surface area (Å²) in [7, 11) is -8.27. The van der Waals surface area contributed by atoms with Crippen molar-refractivity contribution >= 4 is 59.3 Å². The molecule has 4 aromatic carbocycles. The Kier molecular flexibility index (Phi) is 11.1. The molecule has 0 saturated carbocycles. The van der Waals surface area contributed by atoms with E-state index in [1.54, 1.807) is 62.5 Å². The molecule has 0 radical (unpaired) electrons. The molecule has 0 aliphatic carbocycles. The van der Waals surface area contributed by atoms with Crippen molar-refractivity contribution in [3.63, 3.8) is 0 Å². The van der Waals surface area contributed by atoms with Crippen LogP contribution in [-0.2, 0) is 34.4 Å². The summed E-state index contributed by atoms with van der Waals surface area (Å²) < 4.78 is 64.2. The van der Waals surface area contributed by atoms with Crippen LogP contribution in [0.2, 0.25) is 0 Å². The third-order valence-electron chi connectivity index (χ3n) is 9.21. The van der Waals surface area contributed by atoms with Crippen molar-refractivity contribution < 1.29 is 36.3 Å². The summed E-state index contributed by atoms with van der Waals surface area (Å²) in [4.78, 5) is 29.2. The lowest BCUT2D eigenvalue weighted by Gasteiger charge is -2.24. The summed E-state index contributed by atoms with van der Waals surface area (Å²) in [5, 5.41) is 19.1. The highest BCUT2D eigenvalue weighted by molar-refractivity contribution is 7.89. The van der Waals surface area contributed by atoms with Crippen LogP contribution in [0.15, 0.2) is 101 Å². The zero-order chi connectivity index (χ0) is 37.9. The predicted octanol–water partition coefficient (Wildman–Crippen LogP) is 4.12. The number of ether oxygens (including phenoxy) is 1. The van der Waals surface area contributed by atoms with Gasteiger partial charge in [-0.15, -0.1) is 0 Å². The minimum absolute atomic E-state index is 0.0194. The zero-order valence-electron chi connectivity index (χ0n) is 29.4. The second kappa shape index (κ2) is 15.6. The molecule has 3 atom stereocenters. The van der Waals surface area contributed by atoms with Crippen LogP contribution >= 0.6 is 0 Å². The second-order valence-electron chi connectivity index (χ2n) is 13.2. The molecule has 3 unspecified atom stereocenters. The maximum Gasteiger partial charge on any atom is 0.323 e. The van der Waals surface area contributed by atoms with Gasteiger partial charge in [0, 0.05) is 31.9 Å². The summed E-state index contributed by atoms with van der Waals surface area (Å²) in [6.45, 7) is 4.22. The molecular formula is C38H41N5O8S2. The number of hydrogen-bond acceptors (Lipinski definition) is 9. The van der Waals surface area contributed by atoms with Gasteiger partial charge in [0.1, 0.15) is 18.5 Å². The van der Waals surface area contributed by atoms with Gasteiger partial charge in [-0.1, -0.05) is 54.1 Å². The Morgan fingerprint density at radius 1 is 0.887 bits per heavy atom. The molecule has 15 heteroatoms. The van der Waals surface area contributed by atoms with Crippen LogP contribution in [0.5, 0.6) is 0 Å². The monoisotopic (exact) mass is 759 g/mol. The number of fused-ring (bicyclic) bond motifs is 2. The fourth-order valence-electron chi connectivity index (χ4n) is 6.83. The van der Waals surface area contributed by atoms with Crippen molar-refractivity contribution in [1.82, 2.24) is 19.3 Å². The number of nitrogens with one attached hydrogen (secondary N) is 3. The summed E-state index contributed by atoms with van der Waals surface area (Å²) >= 11 is 0. The van der Waals surface area contributed by atoms with Crippen LogP contribution < -0.4 is 15.4 Å². The number of anilines is 1. The highest BCUT2D eigenvalue weighted by Gasteiger charge is 2.41. The number of carbonyl (C=O) groups excluding carboxylic acids is 1. The van der Waals surface area contributed by atoms with Crippen molar-refractivity contribution in [3.05, 3.63) is 108 Å². The Bertz CT molecular complexity index is 2370. The molecule has 4 N–H and O–H groups in total. The van der Waals surface area contributed by atoms with E-state index in [0.29, 0.717) is 16.9 Å². The van der Waals surface area contributed by atoms with Gasteiger partial charge >= 0.3 is 5.97 Å². The number of nitrogens with zero attached hydrogens (tertiary/aromatic N) is 2. The lowest BCUT2D eigenvalue weighted by Crippen LogP contribution is -2.49. The first-order chi connectivity index (χ1) is 25.2. The first-order valence-corrected chi connectivity index (χ1v) is 19.9. The van der Waals surface area contributed by atoms with Crippen molar-refractivity contribution in [1.29, 1.82) is 0 Å². The van der Waals surface area contributed by atoms with Crippen molar-refractivity contribution in [2.24, 2.45) is 0 Å². The average Bonchev–Trinajstić information content (AvgIpc) is 3.54. The van der Waals surface area contributed by atoms with E-state index in [2.05, 4.69) is 20.3 Å². The van der Waals surface area contributed by atoms with E-state index >= 15 is 0 Å². The van der Waals surface area contributed by atoms with E-state index < -0.39 is 63.3 Å². The molecular weight excluding hydrogens is 719 g/mol. The number of aromatic nitrogens is 1. The first kappa shape index (κ1) is 37.8. The number of carboxylic acid groups (broad SMARTS) is 1. The van der Waals surface area contributed by atoms with Gasteiger partial charge in [0.2, 0.25) is 26.0 Å². The minimum atomic E-state index is -4.24. The summed E-state index contributed by atoms with van der Waals surface area (Å²) in [6.07, 6.45) is 1.22. The van der Waals surface area contributed by atoms with Crippen LogP contribution in [0, 0.1) is 20.8 Å². The topological polar surface area (TPSA) is 184 Å². The van der Waals surface area contributed by atoms with Crippen LogP contribution in [0.1, 0.15) is 23.1 Å². The number of aryl methyl sites for hydroxylation is 3. The highest BCUT2D eigenvalue weighted by Crippen LogP contribution is 2.31. The van der Waals surface area contributed by atoms with Crippen LogP contribution in [0.3, 0.4) is 0 Å². The number of carbonyl (C=O) groups is 2. The van der Waals surface area contributed by atoms with E-state index in [-0.39, 0.29) is 29.3 Å². The molecule has 1 aliphatic rings. The van der Waals surface area contributed by atoms with Crippen LogP contribution in [0.25, 0.3) is 21.5 Å². The van der Waals surface area contributed by atoms with E-state index in [1.807, 2.05) is 49.4 Å². The van der Waals surface area contributed by atoms with Crippen LogP contribution in [-0.4, -0.2) is 87.5 Å². The maximum absolute atomic E-state index is 14.2. The van der Waals surface area contributed by atoms with Gasteiger partial charge < -0.3 is 20.5 Å². The molecule has 5 aromatic rings.